The van der Waals surface area contributed by atoms with E-state index in [1.165, 1.54) is 315 Å². The number of amides is 1. The first-order valence-corrected chi connectivity index (χ1v) is 34.6. The zero-order valence-corrected chi connectivity index (χ0v) is 51.5. The molecule has 0 aliphatic heterocycles. The Bertz CT molecular complexity index is 1190. The van der Waals surface area contributed by atoms with E-state index in [9.17, 15) is 19.8 Å². The lowest BCUT2D eigenvalue weighted by atomic mass is 10.0. The molecule has 3 N–H and O–H groups in total. The highest BCUT2D eigenvalue weighted by molar-refractivity contribution is 5.76. The van der Waals surface area contributed by atoms with Gasteiger partial charge < -0.3 is 20.3 Å². The lowest BCUT2D eigenvalue weighted by Gasteiger charge is -2.20. The molecular weight excluding hydrogens is 935 g/mol. The van der Waals surface area contributed by atoms with Crippen molar-refractivity contribution in [2.45, 2.75) is 398 Å². The molecule has 6 heteroatoms. The van der Waals surface area contributed by atoms with Gasteiger partial charge in [-0.05, 0) is 57.8 Å². The average molecular weight is 1070 g/mol. The van der Waals surface area contributed by atoms with Crippen molar-refractivity contribution in [3.05, 3.63) is 24.3 Å². The standard InChI is InChI=1S/C70H135NO5/c1-3-5-7-9-11-13-15-17-18-19-20-21-22-23-24-26-29-32-35-39-42-46-50-54-58-62-68(73)67(66-72)71-69(74)63-59-55-51-47-43-40-36-33-30-27-25-28-31-34-37-41-45-49-53-57-61-65-76-70(75)64-60-56-52-48-44-38-16-14-12-10-8-6-4-2/h27,30,58,62,67-68,72-73H,3-26,28-29,31-57,59-61,63-66H2,1-2H3,(H,71,74)/b30-27-,62-58+. The molecule has 0 radical (unpaired) electrons. The maximum absolute atomic E-state index is 12.5. The van der Waals surface area contributed by atoms with E-state index >= 15 is 0 Å². The van der Waals surface area contributed by atoms with Gasteiger partial charge in [-0.15, -0.1) is 0 Å². The quantitative estimate of drug-likeness (QED) is 0.0320. The molecule has 0 heterocycles. The molecule has 450 valence electrons. The van der Waals surface area contributed by atoms with Crippen LogP contribution in [0.25, 0.3) is 0 Å². The zero-order valence-electron chi connectivity index (χ0n) is 51.5. The highest BCUT2D eigenvalue weighted by Crippen LogP contribution is 2.18. The lowest BCUT2D eigenvalue weighted by molar-refractivity contribution is -0.143. The molecule has 2 unspecified atom stereocenters. The Morgan fingerprint density at radius 2 is 0.618 bits per heavy atom. The largest absolute Gasteiger partial charge is 0.466 e. The summed E-state index contributed by atoms with van der Waals surface area (Å²) in [6.45, 7) is 4.93. The third-order valence-corrected chi connectivity index (χ3v) is 16.2. The molecule has 2 atom stereocenters. The predicted octanol–water partition coefficient (Wildman–Crippen LogP) is 22.1. The summed E-state index contributed by atoms with van der Waals surface area (Å²) in [6.07, 6.45) is 82.4. The first-order chi connectivity index (χ1) is 37.5. The highest BCUT2D eigenvalue weighted by atomic mass is 16.5. The molecule has 0 aliphatic carbocycles. The number of allylic oxidation sites excluding steroid dienone is 3. The van der Waals surface area contributed by atoms with Crippen LogP contribution in [0, 0.1) is 0 Å². The second-order valence-electron chi connectivity index (χ2n) is 23.9. The Kier molecular flexibility index (Phi) is 64.4. The van der Waals surface area contributed by atoms with Crippen molar-refractivity contribution in [1.82, 2.24) is 5.32 Å². The number of ether oxygens (including phenoxy) is 1. The third kappa shape index (κ3) is 61.6. The second kappa shape index (κ2) is 65.9. The number of nitrogens with one attached hydrogen (secondary N) is 1. The van der Waals surface area contributed by atoms with E-state index in [0.29, 0.717) is 19.4 Å². The van der Waals surface area contributed by atoms with Crippen LogP contribution in [0.1, 0.15) is 386 Å². The summed E-state index contributed by atoms with van der Waals surface area (Å²) in [5, 5.41) is 23.3. The number of hydrogen-bond donors (Lipinski definition) is 3. The Hall–Kier alpha value is -1.66. The molecule has 1 amide bonds. The molecule has 0 aromatic carbocycles. The lowest BCUT2D eigenvalue weighted by Crippen LogP contribution is -2.45. The molecule has 0 saturated carbocycles. The maximum atomic E-state index is 12.5. The minimum absolute atomic E-state index is 0.00994. The SMILES string of the molecule is CCCCCCCCCCCCCCCCCCCCCCCCC/C=C/C(O)C(CO)NC(=O)CCCCCCCCC/C=C\CCCCCCCCCCCCOC(=O)CCCCCCCCCCCCCCC. The number of aliphatic hydroxyl groups excluding tert-OH is 2. The van der Waals surface area contributed by atoms with Gasteiger partial charge in [-0.2, -0.15) is 0 Å². The summed E-state index contributed by atoms with van der Waals surface area (Å²) in [7, 11) is 0. The normalized spacial score (nSPS) is 12.6. The van der Waals surface area contributed by atoms with Crippen LogP contribution < -0.4 is 5.32 Å². The number of carbonyl (C=O) groups excluding carboxylic acids is 2. The van der Waals surface area contributed by atoms with Crippen LogP contribution in [0.2, 0.25) is 0 Å². The van der Waals surface area contributed by atoms with Crippen molar-refractivity contribution < 1.29 is 24.5 Å². The van der Waals surface area contributed by atoms with Gasteiger partial charge in [0.25, 0.3) is 0 Å². The fourth-order valence-electron chi connectivity index (χ4n) is 10.9. The smallest absolute Gasteiger partial charge is 0.305 e. The number of esters is 1. The predicted molar refractivity (Wildman–Crippen MR) is 333 cm³/mol. The van der Waals surface area contributed by atoms with E-state index in [0.717, 1.165) is 44.9 Å². The summed E-state index contributed by atoms with van der Waals surface area (Å²) in [4.78, 5) is 24.6. The van der Waals surface area contributed by atoms with Gasteiger partial charge in [0, 0.05) is 12.8 Å². The molecule has 0 saturated heterocycles. The summed E-state index contributed by atoms with van der Waals surface area (Å²) < 4.78 is 5.48. The van der Waals surface area contributed by atoms with E-state index in [2.05, 4.69) is 31.3 Å². The van der Waals surface area contributed by atoms with Crippen LogP contribution in [-0.2, 0) is 14.3 Å². The Morgan fingerprint density at radius 1 is 0.355 bits per heavy atom. The number of hydrogen-bond acceptors (Lipinski definition) is 5. The molecule has 6 nitrogen and oxygen atoms in total. The van der Waals surface area contributed by atoms with Gasteiger partial charge in [0.15, 0.2) is 0 Å². The van der Waals surface area contributed by atoms with Crippen LogP contribution in [0.3, 0.4) is 0 Å². The summed E-state index contributed by atoms with van der Waals surface area (Å²) in [6, 6.07) is -0.635. The summed E-state index contributed by atoms with van der Waals surface area (Å²) in [5.74, 6) is -0.0614. The first kappa shape index (κ1) is 74.3. The van der Waals surface area contributed by atoms with Crippen LogP contribution in [-0.4, -0.2) is 47.4 Å². The van der Waals surface area contributed by atoms with Gasteiger partial charge in [0.05, 0.1) is 25.4 Å². The van der Waals surface area contributed by atoms with E-state index in [-0.39, 0.29) is 18.5 Å². The van der Waals surface area contributed by atoms with Crippen LogP contribution in [0.15, 0.2) is 24.3 Å². The minimum Gasteiger partial charge on any atom is -0.466 e. The van der Waals surface area contributed by atoms with Gasteiger partial charge in [-0.3, -0.25) is 9.59 Å². The van der Waals surface area contributed by atoms with Crippen LogP contribution in [0.5, 0.6) is 0 Å². The van der Waals surface area contributed by atoms with Crippen molar-refractivity contribution in [3.63, 3.8) is 0 Å². The molecule has 0 aliphatic rings. The van der Waals surface area contributed by atoms with E-state index in [1.54, 1.807) is 6.08 Å². The zero-order chi connectivity index (χ0) is 55.0. The summed E-state index contributed by atoms with van der Waals surface area (Å²) >= 11 is 0. The number of rotatable bonds is 65. The van der Waals surface area contributed by atoms with Crippen molar-refractivity contribution in [3.8, 4) is 0 Å². The Labute approximate surface area is 475 Å². The minimum atomic E-state index is -0.851. The van der Waals surface area contributed by atoms with Crippen molar-refractivity contribution in [1.29, 1.82) is 0 Å². The molecule has 76 heavy (non-hydrogen) atoms. The second-order valence-corrected chi connectivity index (χ2v) is 23.9. The fourth-order valence-corrected chi connectivity index (χ4v) is 10.9. The molecule has 0 spiro atoms. The average Bonchev–Trinajstić information content (AvgIpc) is 3.42. The number of unbranched alkanes of at least 4 members (excludes halogenated alkanes) is 52. The van der Waals surface area contributed by atoms with Gasteiger partial charge in [0.2, 0.25) is 5.91 Å². The topological polar surface area (TPSA) is 95.9 Å². The molecule has 0 aromatic rings. The van der Waals surface area contributed by atoms with Gasteiger partial charge in [-0.25, -0.2) is 0 Å². The van der Waals surface area contributed by atoms with Gasteiger partial charge in [0.1, 0.15) is 0 Å². The maximum Gasteiger partial charge on any atom is 0.305 e. The summed E-state index contributed by atoms with van der Waals surface area (Å²) in [5.41, 5.74) is 0. The van der Waals surface area contributed by atoms with E-state index < -0.39 is 12.1 Å². The van der Waals surface area contributed by atoms with Crippen LogP contribution >= 0.6 is 0 Å². The molecular formula is C70H135NO5. The number of carbonyl (C=O) groups is 2. The monoisotopic (exact) mass is 1070 g/mol. The Morgan fingerprint density at radius 3 is 0.934 bits per heavy atom. The van der Waals surface area contributed by atoms with Gasteiger partial charge in [-0.1, -0.05) is 340 Å². The fraction of sp³-hybridized carbons (Fsp3) is 0.914. The molecule has 0 aromatic heterocycles. The van der Waals surface area contributed by atoms with Crippen molar-refractivity contribution in [2.24, 2.45) is 0 Å². The van der Waals surface area contributed by atoms with Crippen molar-refractivity contribution in [2.75, 3.05) is 13.2 Å². The van der Waals surface area contributed by atoms with Gasteiger partial charge >= 0.3 is 5.97 Å². The van der Waals surface area contributed by atoms with Crippen LogP contribution in [0.4, 0.5) is 0 Å². The first-order valence-electron chi connectivity index (χ1n) is 34.6. The third-order valence-electron chi connectivity index (χ3n) is 16.2. The highest BCUT2D eigenvalue weighted by Gasteiger charge is 2.18. The van der Waals surface area contributed by atoms with E-state index in [4.69, 9.17) is 4.74 Å². The Balaban J connectivity index is 3.45. The number of aliphatic hydroxyl groups is 2. The molecule has 0 bridgehead atoms. The van der Waals surface area contributed by atoms with Crippen molar-refractivity contribution >= 4 is 11.9 Å². The van der Waals surface area contributed by atoms with E-state index in [1.807, 2.05) is 6.08 Å². The molecule has 0 rings (SSSR count). The molecule has 0 fully saturated rings.